The molecule has 0 aliphatic carbocycles. The molecule has 0 amide bonds. The predicted octanol–water partition coefficient (Wildman–Crippen LogP) is 4.17. The lowest BCUT2D eigenvalue weighted by atomic mass is 10.0. The lowest BCUT2D eigenvalue weighted by Gasteiger charge is -2.23. The van der Waals surface area contributed by atoms with Crippen LogP contribution < -0.4 is 14.9 Å². The number of fused-ring (bicyclic) bond motifs is 1. The monoisotopic (exact) mass is 478 g/mol. The highest BCUT2D eigenvalue weighted by Crippen LogP contribution is 2.33. The van der Waals surface area contributed by atoms with Crippen LogP contribution in [-0.4, -0.2) is 17.1 Å². The fourth-order valence-electron chi connectivity index (χ4n) is 3.29. The van der Waals surface area contributed by atoms with Crippen LogP contribution in [0.3, 0.4) is 0 Å². The molecule has 1 atom stereocenters. The van der Waals surface area contributed by atoms with Gasteiger partial charge in [0, 0.05) is 20.5 Å². The van der Waals surface area contributed by atoms with Crippen LogP contribution in [0.15, 0.2) is 56.8 Å². The Morgan fingerprint density at radius 1 is 1.27 bits per heavy atom. The van der Waals surface area contributed by atoms with Gasteiger partial charge in [0.05, 0.1) is 22.4 Å². The second-order valence-corrected chi connectivity index (χ2v) is 9.26. The molecule has 3 heterocycles. The number of thiazole rings is 1. The molecule has 0 saturated heterocycles. The zero-order chi connectivity index (χ0) is 21.4. The van der Waals surface area contributed by atoms with Gasteiger partial charge < -0.3 is 4.74 Å². The van der Waals surface area contributed by atoms with Crippen LogP contribution >= 0.6 is 45.9 Å². The van der Waals surface area contributed by atoms with Crippen molar-refractivity contribution in [2.45, 2.75) is 19.9 Å². The molecular weight excluding hydrogens is 463 g/mol. The Morgan fingerprint density at radius 2 is 2.00 bits per heavy atom. The van der Waals surface area contributed by atoms with E-state index >= 15 is 0 Å². The molecule has 1 aliphatic heterocycles. The van der Waals surface area contributed by atoms with E-state index in [1.165, 1.54) is 22.7 Å². The van der Waals surface area contributed by atoms with Crippen molar-refractivity contribution in [3.8, 4) is 0 Å². The highest BCUT2D eigenvalue weighted by Gasteiger charge is 2.33. The number of thiophene rings is 1. The summed E-state index contributed by atoms with van der Waals surface area (Å²) in [6.07, 6.45) is 1.67. The highest BCUT2D eigenvalue weighted by atomic mass is 35.5. The number of aromatic nitrogens is 1. The predicted molar refractivity (Wildman–Crippen MR) is 121 cm³/mol. The molecule has 0 unspecified atom stereocenters. The molecular formula is C21H16Cl2N2O3S2. The summed E-state index contributed by atoms with van der Waals surface area (Å²) in [4.78, 5) is 32.0. The number of hydrogen-bond acceptors (Lipinski definition) is 6. The molecule has 4 rings (SSSR count). The lowest BCUT2D eigenvalue weighted by Crippen LogP contribution is -2.39. The van der Waals surface area contributed by atoms with Gasteiger partial charge >= 0.3 is 5.97 Å². The van der Waals surface area contributed by atoms with Gasteiger partial charge in [-0.05, 0) is 43.5 Å². The smallest absolute Gasteiger partial charge is 0.338 e. The van der Waals surface area contributed by atoms with Crippen molar-refractivity contribution in [3.63, 3.8) is 0 Å². The largest absolute Gasteiger partial charge is 0.463 e. The number of halogens is 2. The highest BCUT2D eigenvalue weighted by molar-refractivity contribution is 7.10. The van der Waals surface area contributed by atoms with Gasteiger partial charge in [0.1, 0.15) is 6.04 Å². The number of ether oxygens (including phenoxy) is 1. The zero-order valence-electron chi connectivity index (χ0n) is 16.0. The van der Waals surface area contributed by atoms with Crippen LogP contribution in [0, 0.1) is 0 Å². The van der Waals surface area contributed by atoms with E-state index in [4.69, 9.17) is 27.9 Å². The average molecular weight is 479 g/mol. The Hall–Kier alpha value is -2.19. The fourth-order valence-corrected chi connectivity index (χ4v) is 5.65. The molecule has 0 bridgehead atoms. The summed E-state index contributed by atoms with van der Waals surface area (Å²) in [7, 11) is 0. The van der Waals surface area contributed by atoms with E-state index in [1.807, 2.05) is 17.5 Å². The number of nitrogens with zero attached hydrogens (tertiary/aromatic N) is 2. The molecule has 0 N–H and O–H groups in total. The second-order valence-electron chi connectivity index (χ2n) is 6.45. The fraction of sp³-hybridized carbons (Fsp3) is 0.190. The third-order valence-electron chi connectivity index (χ3n) is 4.60. The van der Waals surface area contributed by atoms with Gasteiger partial charge in [-0.25, -0.2) is 9.79 Å². The summed E-state index contributed by atoms with van der Waals surface area (Å²) in [5.41, 5.74) is 1.21. The molecule has 0 spiro atoms. The van der Waals surface area contributed by atoms with Gasteiger partial charge in [0.25, 0.3) is 5.56 Å². The number of esters is 1. The summed E-state index contributed by atoms with van der Waals surface area (Å²) in [5.74, 6) is -0.472. The molecule has 9 heteroatoms. The number of allylic oxidation sites excluding steroid dienone is 1. The Bertz CT molecular complexity index is 1320. The van der Waals surface area contributed by atoms with Gasteiger partial charge in [-0.1, -0.05) is 46.7 Å². The van der Waals surface area contributed by atoms with Crippen LogP contribution in [-0.2, 0) is 9.53 Å². The summed E-state index contributed by atoms with van der Waals surface area (Å²) in [6, 6.07) is 8.37. The number of carbonyl (C=O) groups excluding carboxylic acids is 1. The van der Waals surface area contributed by atoms with Crippen molar-refractivity contribution < 1.29 is 9.53 Å². The van der Waals surface area contributed by atoms with Crippen LogP contribution in [0.1, 0.15) is 30.3 Å². The van der Waals surface area contributed by atoms with Crippen molar-refractivity contribution in [1.82, 2.24) is 4.57 Å². The normalized spacial score (nSPS) is 16.4. The molecule has 5 nitrogen and oxygen atoms in total. The molecule has 1 aromatic carbocycles. The molecule has 3 aromatic rings. The minimum atomic E-state index is -0.593. The van der Waals surface area contributed by atoms with E-state index in [-0.39, 0.29) is 12.2 Å². The topological polar surface area (TPSA) is 60.7 Å². The zero-order valence-corrected chi connectivity index (χ0v) is 19.2. The minimum absolute atomic E-state index is 0.238. The van der Waals surface area contributed by atoms with E-state index < -0.39 is 12.0 Å². The Kier molecular flexibility index (Phi) is 5.97. The SMILES string of the molecule is CCOC(=O)C1=C(C)N=c2s/c(=C\c3c(Cl)cccc3Cl)c(=O)n2[C@@H]1c1cccs1. The van der Waals surface area contributed by atoms with Crippen molar-refractivity contribution in [2.75, 3.05) is 6.61 Å². The molecule has 30 heavy (non-hydrogen) atoms. The van der Waals surface area contributed by atoms with E-state index in [2.05, 4.69) is 4.99 Å². The van der Waals surface area contributed by atoms with Crippen LogP contribution in [0.4, 0.5) is 0 Å². The van der Waals surface area contributed by atoms with Gasteiger partial charge in [-0.15, -0.1) is 11.3 Å². The number of carbonyl (C=O) groups is 1. The summed E-state index contributed by atoms with van der Waals surface area (Å²) < 4.78 is 7.24. The van der Waals surface area contributed by atoms with E-state index in [9.17, 15) is 9.59 Å². The molecule has 154 valence electrons. The second kappa shape index (κ2) is 8.51. The third-order valence-corrected chi connectivity index (χ3v) is 7.17. The molecule has 2 aromatic heterocycles. The maximum Gasteiger partial charge on any atom is 0.338 e. The van der Waals surface area contributed by atoms with E-state index in [0.717, 1.165) is 4.88 Å². The molecule has 0 fully saturated rings. The van der Waals surface area contributed by atoms with Crippen molar-refractivity contribution in [1.29, 1.82) is 0 Å². The first kappa shape index (κ1) is 21.1. The maximum absolute atomic E-state index is 13.4. The van der Waals surface area contributed by atoms with Crippen LogP contribution in [0.5, 0.6) is 0 Å². The Labute approximate surface area is 190 Å². The first-order valence-electron chi connectivity index (χ1n) is 9.09. The Morgan fingerprint density at radius 3 is 2.63 bits per heavy atom. The first-order valence-corrected chi connectivity index (χ1v) is 11.5. The number of rotatable bonds is 4. The van der Waals surface area contributed by atoms with Gasteiger partial charge in [-0.2, -0.15) is 0 Å². The van der Waals surface area contributed by atoms with Crippen molar-refractivity contribution in [2.24, 2.45) is 4.99 Å². The van der Waals surface area contributed by atoms with E-state index in [1.54, 1.807) is 42.7 Å². The van der Waals surface area contributed by atoms with Gasteiger partial charge in [0.2, 0.25) is 0 Å². The number of hydrogen-bond donors (Lipinski definition) is 0. The lowest BCUT2D eigenvalue weighted by molar-refractivity contribution is -0.139. The Balaban J connectivity index is 1.98. The van der Waals surface area contributed by atoms with E-state index in [0.29, 0.717) is 36.2 Å². The quantitative estimate of drug-likeness (QED) is 0.528. The number of benzene rings is 1. The standard InChI is InChI=1S/C21H16Cl2N2O3S2/c1-3-28-20(27)17-11(2)24-21-25(18(17)15-8-5-9-29-15)19(26)16(30-21)10-12-13(22)6-4-7-14(12)23/h4-10,18H,3H2,1-2H3/b16-10-/t18-/m1/s1. The average Bonchev–Trinajstić information content (AvgIpc) is 3.33. The summed E-state index contributed by atoms with van der Waals surface area (Å²) in [6.45, 7) is 3.74. The van der Waals surface area contributed by atoms with Gasteiger partial charge in [0.15, 0.2) is 4.80 Å². The first-order chi connectivity index (χ1) is 14.4. The third kappa shape index (κ3) is 3.67. The van der Waals surface area contributed by atoms with Crippen LogP contribution in [0.25, 0.3) is 6.08 Å². The van der Waals surface area contributed by atoms with Crippen molar-refractivity contribution >= 4 is 57.9 Å². The van der Waals surface area contributed by atoms with Crippen LogP contribution in [0.2, 0.25) is 10.0 Å². The summed E-state index contributed by atoms with van der Waals surface area (Å²) in [5, 5.41) is 2.81. The maximum atomic E-state index is 13.4. The van der Waals surface area contributed by atoms with Crippen molar-refractivity contribution in [3.05, 3.63) is 87.2 Å². The molecule has 0 saturated carbocycles. The molecule has 1 aliphatic rings. The minimum Gasteiger partial charge on any atom is -0.463 e. The summed E-state index contributed by atoms with van der Waals surface area (Å²) >= 11 is 15.3. The molecule has 0 radical (unpaired) electrons. The van der Waals surface area contributed by atoms with Gasteiger partial charge in [-0.3, -0.25) is 9.36 Å².